The lowest BCUT2D eigenvalue weighted by Gasteiger charge is -2.32. The average Bonchev–Trinajstić information content (AvgIpc) is 2.35. The third-order valence-corrected chi connectivity index (χ3v) is 3.49. The Labute approximate surface area is 98.3 Å². The van der Waals surface area contributed by atoms with Gasteiger partial charge in [0.2, 0.25) is 0 Å². The summed E-state index contributed by atoms with van der Waals surface area (Å²) in [6.45, 7) is 11.5. The van der Waals surface area contributed by atoms with Gasteiger partial charge in [0, 0.05) is 0 Å². The highest BCUT2D eigenvalue weighted by Crippen LogP contribution is 2.39. The van der Waals surface area contributed by atoms with Crippen LogP contribution in [0.15, 0.2) is 11.3 Å². The topological polar surface area (TPSA) is 18.5 Å². The van der Waals surface area contributed by atoms with E-state index in [0.717, 1.165) is 18.4 Å². The van der Waals surface area contributed by atoms with Crippen LogP contribution in [0.3, 0.4) is 0 Å². The van der Waals surface area contributed by atoms with Gasteiger partial charge in [-0.3, -0.25) is 0 Å². The summed E-state index contributed by atoms with van der Waals surface area (Å²) in [4.78, 5) is 0. The molecule has 0 aliphatic carbocycles. The fourth-order valence-corrected chi connectivity index (χ4v) is 1.64. The summed E-state index contributed by atoms with van der Waals surface area (Å²) < 4.78 is 25.3. The Hall–Kier alpha value is -0.345. The van der Waals surface area contributed by atoms with Crippen LogP contribution >= 0.6 is 0 Å². The van der Waals surface area contributed by atoms with Crippen molar-refractivity contribution >= 4 is 7.12 Å². The van der Waals surface area contributed by atoms with E-state index in [9.17, 15) is 4.39 Å². The second-order valence-electron chi connectivity index (χ2n) is 5.47. The molecule has 1 rings (SSSR count). The van der Waals surface area contributed by atoms with E-state index in [1.165, 1.54) is 0 Å². The minimum Gasteiger partial charge on any atom is -0.398 e. The molecule has 4 heteroatoms. The Kier molecular flexibility index (Phi) is 3.85. The van der Waals surface area contributed by atoms with Crippen molar-refractivity contribution in [1.29, 1.82) is 0 Å². The van der Waals surface area contributed by atoms with Crippen LogP contribution in [0, 0.1) is 0 Å². The Morgan fingerprint density at radius 1 is 1.12 bits per heavy atom. The van der Waals surface area contributed by atoms with Crippen molar-refractivity contribution in [3.63, 3.8) is 0 Å². The van der Waals surface area contributed by atoms with E-state index in [1.54, 1.807) is 6.92 Å². The van der Waals surface area contributed by atoms with Crippen molar-refractivity contribution in [3.8, 4) is 0 Å². The molecule has 0 aromatic carbocycles. The summed E-state index contributed by atoms with van der Waals surface area (Å²) in [5.74, 6) is 0. The fraction of sp³-hybridized carbons (Fsp3) is 0.833. The molecule has 0 aromatic heterocycles. The lowest BCUT2D eigenvalue weighted by atomic mass is 9.84. The van der Waals surface area contributed by atoms with Gasteiger partial charge in [-0.15, -0.1) is 0 Å². The van der Waals surface area contributed by atoms with Crippen LogP contribution in [0.25, 0.3) is 0 Å². The van der Waals surface area contributed by atoms with Crippen molar-refractivity contribution in [2.24, 2.45) is 0 Å². The molecule has 0 amide bonds. The Bertz CT molecular complexity index is 281. The molecular formula is C12H22BFO2. The Morgan fingerprint density at radius 2 is 1.56 bits per heavy atom. The van der Waals surface area contributed by atoms with Crippen molar-refractivity contribution in [2.75, 3.05) is 0 Å². The van der Waals surface area contributed by atoms with Crippen molar-refractivity contribution in [3.05, 3.63) is 11.3 Å². The van der Waals surface area contributed by atoms with Gasteiger partial charge < -0.3 is 9.31 Å². The molecule has 1 saturated heterocycles. The van der Waals surface area contributed by atoms with E-state index >= 15 is 0 Å². The number of hydrogen-bond acceptors (Lipinski definition) is 2. The van der Waals surface area contributed by atoms with Gasteiger partial charge >= 0.3 is 7.12 Å². The molecule has 1 heterocycles. The van der Waals surface area contributed by atoms with E-state index in [0.29, 0.717) is 0 Å². The maximum absolute atomic E-state index is 14.0. The van der Waals surface area contributed by atoms with Crippen LogP contribution in [0.2, 0.25) is 0 Å². The fourth-order valence-electron chi connectivity index (χ4n) is 1.64. The van der Waals surface area contributed by atoms with E-state index in [2.05, 4.69) is 0 Å². The third kappa shape index (κ3) is 2.49. The Morgan fingerprint density at radius 3 is 1.94 bits per heavy atom. The molecule has 0 spiro atoms. The monoisotopic (exact) mass is 228 g/mol. The SMILES string of the molecule is CCCC(C)=C(F)B1OC(C)(C)C(C)(C)O1. The van der Waals surface area contributed by atoms with Crippen molar-refractivity contribution in [2.45, 2.75) is 65.6 Å². The minimum atomic E-state index is -0.837. The molecule has 0 bridgehead atoms. The molecule has 1 fully saturated rings. The zero-order valence-corrected chi connectivity index (χ0v) is 11.2. The molecule has 0 radical (unpaired) electrons. The van der Waals surface area contributed by atoms with Crippen LogP contribution < -0.4 is 0 Å². The van der Waals surface area contributed by atoms with E-state index < -0.39 is 18.3 Å². The number of hydrogen-bond donors (Lipinski definition) is 0. The first-order valence-corrected chi connectivity index (χ1v) is 5.92. The molecular weight excluding hydrogens is 206 g/mol. The molecule has 1 aliphatic heterocycles. The summed E-state index contributed by atoms with van der Waals surface area (Å²) in [5.41, 5.74) is -0.482. The summed E-state index contributed by atoms with van der Waals surface area (Å²) in [6, 6.07) is 0. The van der Waals surface area contributed by atoms with Crippen LogP contribution in [0.1, 0.15) is 54.4 Å². The first-order valence-electron chi connectivity index (χ1n) is 5.92. The quantitative estimate of drug-likeness (QED) is 0.686. The molecule has 16 heavy (non-hydrogen) atoms. The van der Waals surface area contributed by atoms with Gasteiger partial charge in [-0.2, -0.15) is 0 Å². The number of rotatable bonds is 3. The average molecular weight is 228 g/mol. The van der Waals surface area contributed by atoms with E-state index in [4.69, 9.17) is 9.31 Å². The van der Waals surface area contributed by atoms with E-state index in [1.807, 2.05) is 34.6 Å². The molecule has 92 valence electrons. The van der Waals surface area contributed by atoms with Gasteiger partial charge in [-0.1, -0.05) is 13.3 Å². The highest BCUT2D eigenvalue weighted by Gasteiger charge is 2.53. The zero-order chi connectivity index (χ0) is 12.6. The lowest BCUT2D eigenvalue weighted by Crippen LogP contribution is -2.41. The molecule has 1 aliphatic rings. The summed E-state index contributed by atoms with van der Waals surface area (Å²) in [7, 11) is -0.837. The van der Waals surface area contributed by atoms with Gasteiger partial charge in [0.1, 0.15) is 5.73 Å². The van der Waals surface area contributed by atoms with Crippen molar-refractivity contribution < 1.29 is 13.7 Å². The molecule has 0 N–H and O–H groups in total. The largest absolute Gasteiger partial charge is 0.525 e. The predicted molar refractivity (Wildman–Crippen MR) is 64.8 cm³/mol. The minimum absolute atomic E-state index is 0.263. The molecule has 2 nitrogen and oxygen atoms in total. The van der Waals surface area contributed by atoms with Gasteiger partial charge in [-0.25, -0.2) is 4.39 Å². The molecule has 0 aromatic rings. The van der Waals surface area contributed by atoms with Gasteiger partial charge in [0.15, 0.2) is 0 Å². The third-order valence-electron chi connectivity index (χ3n) is 3.49. The normalized spacial score (nSPS) is 24.6. The van der Waals surface area contributed by atoms with Gasteiger partial charge in [0.05, 0.1) is 11.2 Å². The zero-order valence-electron chi connectivity index (χ0n) is 11.2. The summed E-state index contributed by atoms with van der Waals surface area (Å²) in [5, 5.41) is 0. The molecule has 0 unspecified atom stereocenters. The summed E-state index contributed by atoms with van der Waals surface area (Å²) >= 11 is 0. The second kappa shape index (κ2) is 4.50. The number of halogens is 1. The van der Waals surface area contributed by atoms with Crippen LogP contribution in [0.4, 0.5) is 4.39 Å². The smallest absolute Gasteiger partial charge is 0.398 e. The van der Waals surface area contributed by atoms with Crippen molar-refractivity contribution in [1.82, 2.24) is 0 Å². The first kappa shape index (κ1) is 13.7. The first-order chi connectivity index (χ1) is 7.21. The standard InChI is InChI=1S/C12H22BFO2/c1-7-8-9(2)10(14)13-15-11(3,4)12(5,6)16-13/h7-8H2,1-6H3. The summed E-state index contributed by atoms with van der Waals surface area (Å²) in [6.07, 6.45) is 1.68. The maximum atomic E-state index is 14.0. The highest BCUT2D eigenvalue weighted by atomic mass is 19.1. The predicted octanol–water partition coefficient (Wildman–Crippen LogP) is 3.66. The Balaban J connectivity index is 2.84. The van der Waals surface area contributed by atoms with Gasteiger partial charge in [-0.05, 0) is 46.6 Å². The van der Waals surface area contributed by atoms with Crippen LogP contribution in [0.5, 0.6) is 0 Å². The maximum Gasteiger partial charge on any atom is 0.525 e. The molecule has 0 atom stereocenters. The lowest BCUT2D eigenvalue weighted by molar-refractivity contribution is 0.00578. The van der Waals surface area contributed by atoms with Crippen LogP contribution in [-0.2, 0) is 9.31 Å². The van der Waals surface area contributed by atoms with Crippen LogP contribution in [-0.4, -0.2) is 18.3 Å². The highest BCUT2D eigenvalue weighted by molar-refractivity contribution is 6.53. The molecule has 0 saturated carbocycles. The van der Waals surface area contributed by atoms with E-state index in [-0.39, 0.29) is 5.73 Å². The van der Waals surface area contributed by atoms with Gasteiger partial charge in [0.25, 0.3) is 0 Å². The second-order valence-corrected chi connectivity index (χ2v) is 5.47. The number of allylic oxidation sites excluding steroid dienone is 1.